The fourth-order valence-corrected chi connectivity index (χ4v) is 4.64. The van der Waals surface area contributed by atoms with Crippen LogP contribution in [0, 0.1) is 5.92 Å². The number of anilines is 1. The lowest BCUT2D eigenvalue weighted by Crippen LogP contribution is -2.49. The molecule has 0 radical (unpaired) electrons. The SMILES string of the molecule is O=C(Nc1cccc(Br)c1)C1CC2(C1)c1ccccc1-c1cncn12. The third kappa shape index (κ3) is 2.12. The van der Waals surface area contributed by atoms with E-state index in [2.05, 4.69) is 55.1 Å². The molecule has 1 aliphatic carbocycles. The lowest BCUT2D eigenvalue weighted by Gasteiger charge is -2.46. The van der Waals surface area contributed by atoms with Crippen molar-refractivity contribution in [1.82, 2.24) is 9.55 Å². The Morgan fingerprint density at radius 2 is 2.04 bits per heavy atom. The molecule has 2 aromatic carbocycles. The van der Waals surface area contributed by atoms with Gasteiger partial charge in [-0.05, 0) is 36.6 Å². The van der Waals surface area contributed by atoms with Crippen LogP contribution in [0.1, 0.15) is 18.4 Å². The van der Waals surface area contributed by atoms with Gasteiger partial charge in [-0.2, -0.15) is 0 Å². The molecule has 0 atom stereocenters. The zero-order valence-corrected chi connectivity index (χ0v) is 15.0. The van der Waals surface area contributed by atoms with E-state index in [0.29, 0.717) is 0 Å². The van der Waals surface area contributed by atoms with E-state index in [1.54, 1.807) is 0 Å². The molecule has 0 unspecified atom stereocenters. The van der Waals surface area contributed by atoms with Crippen LogP contribution in [0.25, 0.3) is 11.3 Å². The molecule has 0 saturated heterocycles. The number of benzene rings is 2. The molecule has 1 aliphatic heterocycles. The summed E-state index contributed by atoms with van der Waals surface area (Å²) in [6.45, 7) is 0. The molecule has 3 aromatic rings. The average molecular weight is 394 g/mol. The fourth-order valence-electron chi connectivity index (χ4n) is 4.25. The summed E-state index contributed by atoms with van der Waals surface area (Å²) in [5.41, 5.74) is 4.43. The van der Waals surface area contributed by atoms with Crippen molar-refractivity contribution in [3.63, 3.8) is 0 Å². The van der Waals surface area contributed by atoms with Crippen molar-refractivity contribution in [2.45, 2.75) is 18.4 Å². The first kappa shape index (κ1) is 14.9. The number of amides is 1. The number of imidazole rings is 1. The summed E-state index contributed by atoms with van der Waals surface area (Å²) in [5, 5.41) is 3.04. The summed E-state index contributed by atoms with van der Waals surface area (Å²) in [7, 11) is 0. The number of carbonyl (C=O) groups is 1. The van der Waals surface area contributed by atoms with Crippen LogP contribution in [0.2, 0.25) is 0 Å². The molecule has 124 valence electrons. The fraction of sp³-hybridized carbons (Fsp3) is 0.200. The quantitative estimate of drug-likeness (QED) is 0.700. The number of rotatable bonds is 2. The Labute approximate surface area is 154 Å². The second-order valence-corrected chi connectivity index (χ2v) is 7.75. The van der Waals surface area contributed by atoms with E-state index < -0.39 is 0 Å². The smallest absolute Gasteiger partial charge is 0.227 e. The molecule has 1 spiro atoms. The van der Waals surface area contributed by atoms with Crippen molar-refractivity contribution < 1.29 is 4.79 Å². The van der Waals surface area contributed by atoms with E-state index in [0.717, 1.165) is 28.7 Å². The summed E-state index contributed by atoms with van der Waals surface area (Å²) in [6.07, 6.45) is 5.45. The van der Waals surface area contributed by atoms with Gasteiger partial charge in [-0.1, -0.05) is 46.3 Å². The van der Waals surface area contributed by atoms with Gasteiger partial charge >= 0.3 is 0 Å². The predicted molar refractivity (Wildman–Crippen MR) is 100 cm³/mol. The van der Waals surface area contributed by atoms with Crippen molar-refractivity contribution in [3.8, 4) is 11.3 Å². The van der Waals surface area contributed by atoms with Gasteiger partial charge in [0.1, 0.15) is 0 Å². The van der Waals surface area contributed by atoms with E-state index in [9.17, 15) is 4.79 Å². The molecule has 2 heterocycles. The standard InChI is InChI=1S/C20H16BrN3O/c21-14-4-3-5-15(8-14)23-19(25)13-9-20(10-13)17-7-2-1-6-16(17)18-11-22-12-24(18)20/h1-8,11-13H,9-10H2,(H,23,25). The first-order valence-electron chi connectivity index (χ1n) is 8.36. The van der Waals surface area contributed by atoms with Gasteiger partial charge in [-0.25, -0.2) is 4.98 Å². The number of halogens is 1. The molecule has 5 heteroatoms. The predicted octanol–water partition coefficient (Wildman–Crippen LogP) is 4.42. The van der Waals surface area contributed by atoms with Gasteiger partial charge < -0.3 is 9.88 Å². The minimum absolute atomic E-state index is 0.0142. The lowest BCUT2D eigenvalue weighted by molar-refractivity contribution is -0.125. The molecule has 5 rings (SSSR count). The number of nitrogens with one attached hydrogen (secondary N) is 1. The number of hydrogen-bond donors (Lipinski definition) is 1. The Bertz CT molecular complexity index is 988. The van der Waals surface area contributed by atoms with E-state index in [-0.39, 0.29) is 17.4 Å². The van der Waals surface area contributed by atoms with Crippen molar-refractivity contribution >= 4 is 27.5 Å². The highest BCUT2D eigenvalue weighted by Gasteiger charge is 2.54. The number of fused-ring (bicyclic) bond motifs is 5. The second-order valence-electron chi connectivity index (χ2n) is 6.83. The van der Waals surface area contributed by atoms with Crippen LogP contribution < -0.4 is 5.32 Å². The normalized spacial score (nSPS) is 23.0. The molecule has 2 aliphatic rings. The van der Waals surface area contributed by atoms with E-state index >= 15 is 0 Å². The number of nitrogens with zero attached hydrogens (tertiary/aromatic N) is 2. The zero-order valence-electron chi connectivity index (χ0n) is 13.4. The number of carbonyl (C=O) groups excluding carboxylic acids is 1. The van der Waals surface area contributed by atoms with Crippen LogP contribution >= 0.6 is 15.9 Å². The third-order valence-electron chi connectivity index (χ3n) is 5.44. The van der Waals surface area contributed by atoms with Crippen molar-refractivity contribution in [2.75, 3.05) is 5.32 Å². The summed E-state index contributed by atoms with van der Waals surface area (Å²) in [4.78, 5) is 17.0. The van der Waals surface area contributed by atoms with Gasteiger partial charge in [0.15, 0.2) is 0 Å². The molecular formula is C20H16BrN3O. The molecule has 4 nitrogen and oxygen atoms in total. The Balaban J connectivity index is 1.40. The molecule has 1 saturated carbocycles. The summed E-state index contributed by atoms with van der Waals surface area (Å²) in [5.74, 6) is 0.107. The average Bonchev–Trinajstić information content (AvgIpc) is 3.13. The highest BCUT2D eigenvalue weighted by molar-refractivity contribution is 9.10. The van der Waals surface area contributed by atoms with Gasteiger partial charge in [0.25, 0.3) is 0 Å². The van der Waals surface area contributed by atoms with Crippen LogP contribution in [0.4, 0.5) is 5.69 Å². The van der Waals surface area contributed by atoms with Crippen molar-refractivity contribution in [3.05, 3.63) is 71.1 Å². The first-order chi connectivity index (χ1) is 12.2. The Hall–Kier alpha value is -2.40. The summed E-state index contributed by atoms with van der Waals surface area (Å²) in [6, 6.07) is 16.2. The Morgan fingerprint density at radius 1 is 1.20 bits per heavy atom. The largest absolute Gasteiger partial charge is 0.326 e. The van der Waals surface area contributed by atoms with Gasteiger partial charge in [0.2, 0.25) is 5.91 Å². The van der Waals surface area contributed by atoms with Crippen molar-refractivity contribution in [2.24, 2.45) is 5.92 Å². The van der Waals surface area contributed by atoms with Crippen LogP contribution in [0.5, 0.6) is 0 Å². The Morgan fingerprint density at radius 3 is 2.88 bits per heavy atom. The second kappa shape index (κ2) is 5.30. The van der Waals surface area contributed by atoms with Crippen LogP contribution in [0.15, 0.2) is 65.5 Å². The highest BCUT2D eigenvalue weighted by Crippen LogP contribution is 2.56. The Kier molecular flexibility index (Phi) is 3.16. The van der Waals surface area contributed by atoms with E-state index in [4.69, 9.17) is 0 Å². The monoisotopic (exact) mass is 393 g/mol. The van der Waals surface area contributed by atoms with Gasteiger partial charge in [-0.3, -0.25) is 4.79 Å². The molecular weight excluding hydrogens is 378 g/mol. The maximum atomic E-state index is 12.7. The molecule has 0 bridgehead atoms. The molecule has 1 N–H and O–H groups in total. The number of aromatic nitrogens is 2. The van der Waals surface area contributed by atoms with Crippen LogP contribution in [0.3, 0.4) is 0 Å². The lowest BCUT2D eigenvalue weighted by atomic mass is 9.64. The van der Waals surface area contributed by atoms with Crippen LogP contribution in [-0.4, -0.2) is 15.5 Å². The number of hydrogen-bond acceptors (Lipinski definition) is 2. The molecule has 1 fully saturated rings. The third-order valence-corrected chi connectivity index (χ3v) is 5.93. The van der Waals surface area contributed by atoms with Crippen LogP contribution in [-0.2, 0) is 10.3 Å². The first-order valence-corrected chi connectivity index (χ1v) is 9.16. The zero-order chi connectivity index (χ0) is 17.0. The summed E-state index contributed by atoms with van der Waals surface area (Å²) >= 11 is 3.44. The van der Waals surface area contributed by atoms with Gasteiger partial charge in [-0.15, -0.1) is 0 Å². The highest BCUT2D eigenvalue weighted by atomic mass is 79.9. The van der Waals surface area contributed by atoms with E-state index in [1.807, 2.05) is 36.8 Å². The maximum absolute atomic E-state index is 12.7. The van der Waals surface area contributed by atoms with Gasteiger partial charge in [0, 0.05) is 21.6 Å². The molecule has 1 amide bonds. The maximum Gasteiger partial charge on any atom is 0.227 e. The van der Waals surface area contributed by atoms with E-state index in [1.165, 1.54) is 11.1 Å². The van der Waals surface area contributed by atoms with Crippen molar-refractivity contribution in [1.29, 1.82) is 0 Å². The molecule has 25 heavy (non-hydrogen) atoms. The topological polar surface area (TPSA) is 46.9 Å². The summed E-state index contributed by atoms with van der Waals surface area (Å²) < 4.78 is 3.21. The minimum Gasteiger partial charge on any atom is -0.326 e. The molecule has 1 aromatic heterocycles. The minimum atomic E-state index is -0.109. The van der Waals surface area contributed by atoms with Gasteiger partial charge in [0.05, 0.1) is 23.8 Å².